The second-order valence-corrected chi connectivity index (χ2v) is 4.36. The van der Waals surface area contributed by atoms with Crippen LogP contribution in [0, 0.1) is 11.3 Å². The van der Waals surface area contributed by atoms with Gasteiger partial charge >= 0.3 is 0 Å². The molecule has 3 heteroatoms. The van der Waals surface area contributed by atoms with Crippen LogP contribution in [0.2, 0.25) is 0 Å². The first-order valence-corrected chi connectivity index (χ1v) is 5.77. The fourth-order valence-corrected chi connectivity index (χ4v) is 2.36. The van der Waals surface area contributed by atoms with Crippen molar-refractivity contribution in [2.45, 2.75) is 24.5 Å². The van der Waals surface area contributed by atoms with E-state index in [1.807, 2.05) is 11.8 Å². The maximum Gasteiger partial charge on any atom is 0.0865 e. The van der Waals surface area contributed by atoms with Crippen molar-refractivity contribution in [3.63, 3.8) is 0 Å². The summed E-state index contributed by atoms with van der Waals surface area (Å²) in [5.41, 5.74) is 0. The van der Waals surface area contributed by atoms with Crippen LogP contribution in [0.25, 0.3) is 0 Å². The van der Waals surface area contributed by atoms with Crippen molar-refractivity contribution in [3.8, 4) is 6.07 Å². The Morgan fingerprint density at radius 2 is 2.33 bits per heavy atom. The summed E-state index contributed by atoms with van der Waals surface area (Å²) in [5, 5.41) is 9.36. The largest absolute Gasteiger partial charge is 0.291 e. The molecule has 0 saturated carbocycles. The number of nitriles is 1. The van der Waals surface area contributed by atoms with E-state index >= 15 is 0 Å². The molecular formula is C9H16N2S. The maximum absolute atomic E-state index is 8.54. The average molecular weight is 184 g/mol. The summed E-state index contributed by atoms with van der Waals surface area (Å²) < 4.78 is 0. The van der Waals surface area contributed by atoms with Gasteiger partial charge in [-0.3, -0.25) is 4.90 Å². The third-order valence-corrected chi connectivity index (χ3v) is 3.53. The Labute approximate surface area is 78.9 Å². The number of rotatable bonds is 2. The Morgan fingerprint density at radius 3 is 3.00 bits per heavy atom. The quantitative estimate of drug-likeness (QED) is 0.612. The van der Waals surface area contributed by atoms with E-state index in [1.54, 1.807) is 0 Å². The minimum atomic E-state index is 0.612. The number of hydrogen-bond acceptors (Lipinski definition) is 3. The monoisotopic (exact) mass is 184 g/mol. The third kappa shape index (κ3) is 3.04. The van der Waals surface area contributed by atoms with E-state index in [9.17, 15) is 0 Å². The maximum atomic E-state index is 8.54. The molecule has 1 saturated heterocycles. The van der Waals surface area contributed by atoms with Gasteiger partial charge in [0.25, 0.3) is 0 Å². The molecule has 1 aliphatic rings. The van der Waals surface area contributed by atoms with Gasteiger partial charge in [-0.1, -0.05) is 0 Å². The highest BCUT2D eigenvalue weighted by Crippen LogP contribution is 2.20. The van der Waals surface area contributed by atoms with E-state index in [0.717, 1.165) is 18.3 Å². The molecule has 68 valence electrons. The predicted molar refractivity (Wildman–Crippen MR) is 53.2 cm³/mol. The zero-order chi connectivity index (χ0) is 8.81. The molecule has 0 aromatic heterocycles. The second kappa shape index (κ2) is 5.45. The summed E-state index contributed by atoms with van der Waals surface area (Å²) >= 11 is 1.97. The fourth-order valence-electron chi connectivity index (χ4n) is 1.62. The molecule has 0 bridgehead atoms. The van der Waals surface area contributed by atoms with Crippen LogP contribution in [0.3, 0.4) is 0 Å². The van der Waals surface area contributed by atoms with Gasteiger partial charge in [-0.2, -0.15) is 17.0 Å². The molecule has 0 spiro atoms. The highest BCUT2D eigenvalue weighted by molar-refractivity contribution is 7.99. The molecule has 0 aliphatic carbocycles. The predicted octanol–water partition coefficient (Wildman–Crippen LogP) is 1.73. The molecule has 1 rings (SSSR count). The zero-order valence-electron chi connectivity index (χ0n) is 7.62. The van der Waals surface area contributed by atoms with Crippen LogP contribution in [0.15, 0.2) is 0 Å². The summed E-state index contributed by atoms with van der Waals surface area (Å²) in [5.74, 6) is 0. The molecule has 1 heterocycles. The van der Waals surface area contributed by atoms with Gasteiger partial charge in [-0.15, -0.1) is 0 Å². The Kier molecular flexibility index (Phi) is 4.49. The number of nitrogens with zero attached hydrogens (tertiary/aromatic N) is 2. The van der Waals surface area contributed by atoms with E-state index in [-0.39, 0.29) is 0 Å². The third-order valence-electron chi connectivity index (χ3n) is 2.40. The van der Waals surface area contributed by atoms with E-state index in [1.165, 1.54) is 19.3 Å². The topological polar surface area (TPSA) is 27.0 Å². The first kappa shape index (κ1) is 9.88. The molecule has 0 N–H and O–H groups in total. The molecule has 1 fully saturated rings. The van der Waals surface area contributed by atoms with Crippen LogP contribution in [-0.4, -0.2) is 36.0 Å². The van der Waals surface area contributed by atoms with Gasteiger partial charge in [0.05, 0.1) is 12.6 Å². The van der Waals surface area contributed by atoms with Gasteiger partial charge in [0, 0.05) is 11.8 Å². The van der Waals surface area contributed by atoms with Gasteiger partial charge in [0.1, 0.15) is 0 Å². The lowest BCUT2D eigenvalue weighted by Gasteiger charge is -2.15. The molecule has 1 atom stereocenters. The van der Waals surface area contributed by atoms with Crippen molar-refractivity contribution in [2.24, 2.45) is 0 Å². The van der Waals surface area contributed by atoms with Gasteiger partial charge in [0.15, 0.2) is 0 Å². The molecular weight excluding hydrogens is 168 g/mol. The standard InChI is InChI=1S/C9H16N2S/c1-12-9-3-2-6-11(7-4-9)8-5-10/h9H,2-4,6-8H2,1H3. The molecule has 0 amide bonds. The Morgan fingerprint density at radius 1 is 1.50 bits per heavy atom. The summed E-state index contributed by atoms with van der Waals surface area (Å²) in [7, 11) is 0. The Hall–Kier alpha value is -0.200. The van der Waals surface area contributed by atoms with E-state index in [2.05, 4.69) is 17.2 Å². The van der Waals surface area contributed by atoms with Gasteiger partial charge in [0.2, 0.25) is 0 Å². The van der Waals surface area contributed by atoms with Crippen molar-refractivity contribution in [3.05, 3.63) is 0 Å². The first-order valence-electron chi connectivity index (χ1n) is 4.49. The molecule has 12 heavy (non-hydrogen) atoms. The number of hydrogen-bond donors (Lipinski definition) is 0. The van der Waals surface area contributed by atoms with Crippen LogP contribution in [0.4, 0.5) is 0 Å². The van der Waals surface area contributed by atoms with E-state index in [0.29, 0.717) is 6.54 Å². The van der Waals surface area contributed by atoms with Gasteiger partial charge in [-0.05, 0) is 32.1 Å². The van der Waals surface area contributed by atoms with Crippen molar-refractivity contribution >= 4 is 11.8 Å². The lowest BCUT2D eigenvalue weighted by molar-refractivity contribution is 0.319. The minimum absolute atomic E-state index is 0.612. The molecule has 2 nitrogen and oxygen atoms in total. The Balaban J connectivity index is 2.30. The summed E-state index contributed by atoms with van der Waals surface area (Å²) in [4.78, 5) is 2.26. The smallest absolute Gasteiger partial charge is 0.0865 e. The molecule has 1 aliphatic heterocycles. The van der Waals surface area contributed by atoms with Crippen molar-refractivity contribution in [1.82, 2.24) is 4.90 Å². The van der Waals surface area contributed by atoms with Crippen LogP contribution in [-0.2, 0) is 0 Å². The van der Waals surface area contributed by atoms with E-state index < -0.39 is 0 Å². The van der Waals surface area contributed by atoms with Gasteiger partial charge in [-0.25, -0.2) is 0 Å². The highest BCUT2D eigenvalue weighted by atomic mass is 32.2. The SMILES string of the molecule is CSC1CCCN(CC#N)CC1. The lowest BCUT2D eigenvalue weighted by atomic mass is 10.2. The first-order chi connectivity index (χ1) is 5.86. The average Bonchev–Trinajstić information content (AvgIpc) is 2.31. The molecule has 0 radical (unpaired) electrons. The van der Waals surface area contributed by atoms with E-state index in [4.69, 9.17) is 5.26 Å². The number of thioether (sulfide) groups is 1. The lowest BCUT2D eigenvalue weighted by Crippen LogP contribution is -2.25. The van der Waals surface area contributed by atoms with Crippen LogP contribution < -0.4 is 0 Å². The summed E-state index contributed by atoms with van der Waals surface area (Å²) in [6.07, 6.45) is 6.02. The fraction of sp³-hybridized carbons (Fsp3) is 0.889. The van der Waals surface area contributed by atoms with Crippen molar-refractivity contribution in [1.29, 1.82) is 5.26 Å². The normalized spacial score (nSPS) is 26.2. The summed E-state index contributed by atoms with van der Waals surface area (Å²) in [6, 6.07) is 2.22. The highest BCUT2D eigenvalue weighted by Gasteiger charge is 2.15. The van der Waals surface area contributed by atoms with Crippen LogP contribution in [0.1, 0.15) is 19.3 Å². The second-order valence-electron chi connectivity index (χ2n) is 3.22. The summed E-state index contributed by atoms with van der Waals surface area (Å²) in [6.45, 7) is 2.84. The number of likely N-dealkylation sites (tertiary alicyclic amines) is 1. The molecule has 0 aromatic rings. The van der Waals surface area contributed by atoms with Gasteiger partial charge < -0.3 is 0 Å². The van der Waals surface area contributed by atoms with Crippen molar-refractivity contribution < 1.29 is 0 Å². The van der Waals surface area contributed by atoms with Crippen LogP contribution >= 0.6 is 11.8 Å². The zero-order valence-corrected chi connectivity index (χ0v) is 8.44. The minimum Gasteiger partial charge on any atom is -0.291 e. The molecule has 0 aromatic carbocycles. The van der Waals surface area contributed by atoms with Crippen molar-refractivity contribution in [2.75, 3.05) is 25.9 Å². The Bertz CT molecular complexity index is 164. The molecule has 1 unspecified atom stereocenters. The van der Waals surface area contributed by atoms with Crippen LogP contribution in [0.5, 0.6) is 0 Å².